The molecule has 12 atom stereocenters. The predicted octanol–water partition coefficient (Wildman–Crippen LogP) is 4.25. The number of carbonyl (C=O) groups excluding carboxylic acids is 11. The van der Waals surface area contributed by atoms with Crippen LogP contribution in [0.3, 0.4) is 0 Å². The van der Waals surface area contributed by atoms with Crippen LogP contribution in [-0.4, -0.2) is 332 Å². The second-order valence-corrected chi connectivity index (χ2v) is 34.3. The number of Topliss-reactive ketones (excluding diaryl/α,β-unsaturated/α-hetero) is 1. The summed E-state index contributed by atoms with van der Waals surface area (Å²) in [5.41, 5.74) is 9.35. The zero-order valence-corrected chi connectivity index (χ0v) is 79.4. The Morgan fingerprint density at radius 1 is 0.331 bits per heavy atom. The topological polar surface area (TPSA) is 534 Å². The third kappa shape index (κ3) is 30.1. The molecule has 0 unspecified atom stereocenters. The van der Waals surface area contributed by atoms with Crippen molar-refractivity contribution in [3.8, 4) is 0 Å². The van der Waals surface area contributed by atoms with Gasteiger partial charge in [-0.1, -0.05) is 104 Å². The number of methoxy groups -OCH3 is 5. The van der Waals surface area contributed by atoms with E-state index in [1.165, 1.54) is 83.3 Å². The maximum Gasteiger partial charge on any atom is 2.00 e. The summed E-state index contributed by atoms with van der Waals surface area (Å²) in [6, 6.07) is 32.0. The van der Waals surface area contributed by atoms with Crippen LogP contribution in [0.2, 0.25) is 0 Å². The van der Waals surface area contributed by atoms with Crippen molar-refractivity contribution in [3.05, 3.63) is 160 Å². The van der Waals surface area contributed by atoms with E-state index in [4.69, 9.17) is 81.7 Å². The van der Waals surface area contributed by atoms with E-state index in [-0.39, 0.29) is 57.0 Å². The first-order chi connectivity index (χ1) is 62.9. The number of amides is 4. The van der Waals surface area contributed by atoms with E-state index in [9.17, 15) is 77.0 Å². The molecule has 4 N–H and O–H groups in total. The van der Waals surface area contributed by atoms with Gasteiger partial charge in [0.25, 0.3) is 23.6 Å². The van der Waals surface area contributed by atoms with Gasteiger partial charge >= 0.3 is 82.7 Å². The normalized spacial score (nSPS) is 24.6. The molecule has 742 valence electrons. The van der Waals surface area contributed by atoms with E-state index in [1.54, 1.807) is 88.8 Å². The molecule has 1 aromatic heterocycles. The number of ketones is 1. The van der Waals surface area contributed by atoms with Crippen LogP contribution in [0, 0.1) is 0 Å². The minimum absolute atomic E-state index is 0. The number of imidazole rings is 1. The van der Waals surface area contributed by atoms with Crippen molar-refractivity contribution in [2.45, 2.75) is 263 Å². The molecule has 4 amide bonds. The molecule has 136 heavy (non-hydrogen) atoms. The van der Waals surface area contributed by atoms with Gasteiger partial charge in [-0.3, -0.25) is 38.4 Å². The Hall–Kier alpha value is -11.4. The number of aliphatic carboxylic acids is 4. The molecule has 0 spiro atoms. The number of rotatable bonds is 17. The van der Waals surface area contributed by atoms with Gasteiger partial charge in [0.2, 0.25) is 0 Å². The van der Waals surface area contributed by atoms with Gasteiger partial charge in [-0.05, 0) is 153 Å². The van der Waals surface area contributed by atoms with Gasteiger partial charge < -0.3 is 128 Å². The second kappa shape index (κ2) is 48.1. The van der Waals surface area contributed by atoms with Crippen molar-refractivity contribution >= 4 is 112 Å². The van der Waals surface area contributed by atoms with Gasteiger partial charge in [0.05, 0.1) is 41.7 Å². The number of carbonyl (C=O) groups is 15. The molecule has 0 saturated carbocycles. The molecular weight excluding hydrogens is 1810 g/mol. The summed E-state index contributed by atoms with van der Waals surface area (Å²) in [6.45, 7) is 23.7. The first kappa shape index (κ1) is 112. The molecule has 0 radical (unpaired) electrons. The molecule has 6 fully saturated rings. The molecule has 10 aliphatic heterocycles. The number of nitrogens with zero attached hydrogens (tertiary/aromatic N) is 6. The summed E-state index contributed by atoms with van der Waals surface area (Å²) >= 11 is 0. The van der Waals surface area contributed by atoms with Gasteiger partial charge in [0, 0.05) is 58.6 Å². The van der Waals surface area contributed by atoms with Gasteiger partial charge in [-0.2, -0.15) is 4.73 Å². The third-order valence-electron chi connectivity index (χ3n) is 21.6. The first-order valence-electron chi connectivity index (χ1n) is 42.5. The molecule has 0 aliphatic carbocycles. The Morgan fingerprint density at radius 3 is 0.809 bits per heavy atom. The number of carboxylic acids is 4. The van der Waals surface area contributed by atoms with Crippen LogP contribution >= 0.6 is 0 Å². The largest absolute Gasteiger partial charge is 2.00 e. The minimum Gasteiger partial charge on any atom is -1.00 e. The maximum absolute atomic E-state index is 13.1. The van der Waals surface area contributed by atoms with Crippen LogP contribution in [0.15, 0.2) is 116 Å². The van der Waals surface area contributed by atoms with Crippen molar-refractivity contribution in [1.82, 2.24) is 29.3 Å². The SMILES string of the molecule is C.CC1(C)O[C@@H](C(=O)O)[C@H](C(=O)N2CCc3ccccc3C2)O1.CC1(C)O[C@@H](C(=O)On2ccnc2)[C@H](C(=O)N2CCc3ccccc3C2)O1.COC(=O)CC(=O)[C@@H]1OC(C)(C)O[C@H]1C(=O)N1CCc2ccccc2C1.COC(=O)[C@@H]1OC(C)(C)O[C@H]1C(=O)N1CCc2ccccc2C1.COC(=O)[C@@H]1OC(C)(C)O[C@H]1C(=O)O.COC(=O)[C@@H]1OC(C)(C)O[C@H]1C(=O)OC.O=C(O)CC(=O)O.[H-].[H-].[Mg+2]. The van der Waals surface area contributed by atoms with E-state index in [1.807, 2.05) is 72.8 Å². The second-order valence-electron chi connectivity index (χ2n) is 34.3. The molecule has 11 heterocycles. The quantitative estimate of drug-likeness (QED) is 0.0437. The van der Waals surface area contributed by atoms with Crippen LogP contribution in [0.4, 0.5) is 0 Å². The predicted molar refractivity (Wildman–Crippen MR) is 469 cm³/mol. The molecular formula is C92H120MgN6O37. The number of benzene rings is 4. The van der Waals surface area contributed by atoms with E-state index >= 15 is 0 Å². The zero-order valence-electron chi connectivity index (χ0n) is 79.9. The molecule has 43 nitrogen and oxygen atoms in total. The third-order valence-corrected chi connectivity index (χ3v) is 21.6. The fourth-order valence-electron chi connectivity index (χ4n) is 15.6. The summed E-state index contributed by atoms with van der Waals surface area (Å²) in [4.78, 5) is 190. The Bertz CT molecular complexity index is 5070. The average Bonchev–Trinajstić information content (AvgIpc) is 1.63. The van der Waals surface area contributed by atoms with E-state index in [2.05, 4.69) is 48.2 Å². The van der Waals surface area contributed by atoms with Crippen molar-refractivity contribution in [1.29, 1.82) is 0 Å². The van der Waals surface area contributed by atoms with Gasteiger partial charge in [0.1, 0.15) is 19.2 Å². The number of aromatic nitrogens is 2. The molecule has 6 saturated heterocycles. The van der Waals surface area contributed by atoms with Gasteiger partial charge in [0.15, 0.2) is 114 Å². The zero-order chi connectivity index (χ0) is 98.9. The number of carboxylic acid groups (broad SMARTS) is 4. The van der Waals surface area contributed by atoms with Crippen LogP contribution in [0.1, 0.15) is 151 Å². The molecule has 15 rings (SSSR count). The summed E-state index contributed by atoms with van der Waals surface area (Å²) in [5.74, 6) is -17.0. The van der Waals surface area contributed by atoms with E-state index < -0.39 is 186 Å². The van der Waals surface area contributed by atoms with Crippen LogP contribution in [0.5, 0.6) is 0 Å². The molecule has 10 aliphatic rings. The van der Waals surface area contributed by atoms with Crippen molar-refractivity contribution in [2.24, 2.45) is 0 Å². The summed E-state index contributed by atoms with van der Waals surface area (Å²) in [7, 11) is 6.07. The summed E-state index contributed by atoms with van der Waals surface area (Å²) in [6.07, 6.45) is -7.27. The number of fused-ring (bicyclic) bond motifs is 4. The van der Waals surface area contributed by atoms with E-state index in [0.29, 0.717) is 52.4 Å². The Kier molecular flexibility index (Phi) is 39.5. The first-order valence-corrected chi connectivity index (χ1v) is 42.5. The monoisotopic (exact) mass is 1920 g/mol. The van der Waals surface area contributed by atoms with Gasteiger partial charge in [-0.15, -0.1) is 0 Å². The van der Waals surface area contributed by atoms with Crippen molar-refractivity contribution in [3.63, 3.8) is 0 Å². The smallest absolute Gasteiger partial charge is 1.00 e. The minimum atomic E-state index is -1.31. The number of hydrogen-bond donors (Lipinski definition) is 4. The Balaban J connectivity index is 0.000000290. The molecule has 5 aromatic rings. The number of ether oxygens (including phenoxy) is 17. The Labute approximate surface area is 803 Å². The Morgan fingerprint density at radius 2 is 0.559 bits per heavy atom. The summed E-state index contributed by atoms with van der Waals surface area (Å²) in [5, 5.41) is 33.4. The van der Waals surface area contributed by atoms with Crippen LogP contribution in [0.25, 0.3) is 0 Å². The average molecular weight is 1930 g/mol. The van der Waals surface area contributed by atoms with E-state index in [0.717, 1.165) is 59.8 Å². The van der Waals surface area contributed by atoms with Gasteiger partial charge in [-0.25, -0.2) is 38.5 Å². The number of hydrogen-bond acceptors (Lipinski definition) is 34. The standard InChI is InChI=1S/C19H21N3O5.C19H23NO6.C17H21NO5.C16H19NO5.C9H14O6.C8H12O6.C3H4O4.CH4.Mg.2H/c1-19(2)25-15(16(26-19)18(24)27-22-10-8-20-12-22)17(23)21-9-7-13-5-3-4-6-14(13)11-21;1-19(2)25-16(14(21)10-15(22)24-3)17(26-19)18(23)20-9-8-12-6-4-5-7-13(12)11-20;1-17(2)22-13(14(23-17)16(20)21-3)15(19)18-9-8-11-6-4-5-7-12(11)10-18;1-16(2)21-12(13(22-16)15(19)20)14(18)17-8-7-10-5-3-4-6-11(10)9-17;1-9(2)14-5(7(10)12-3)6(15-9)8(11)13-4;1-8(2)13-4(6(9)10)5(14-8)7(11)12-3;4-2(5)1-3(6)7;;;;/h3-6,8,10,12,15-16H,7,9,11H2,1-2H3;4-7,16-17H,8-11H2,1-3H3;4-7,13-14H,8-10H2,1-3H3;3-6,12-13H,7-9H2,1-2H3,(H,19,20);5-6H,1-4H3;4-5H,1-3H3,(H,9,10);1H2,(H,4,5)(H,6,7);1H4;;;/q;;;;;;;;+2;2*-1/t15-,16-;16-,17+;13-,14-;12-,13-;5-,6-;4-,5-;;;;;/m101111...../s1. The maximum atomic E-state index is 13.1. The number of esters is 5. The van der Waals surface area contributed by atoms with Crippen LogP contribution < -0.4 is 4.84 Å². The van der Waals surface area contributed by atoms with Crippen molar-refractivity contribution in [2.75, 3.05) is 61.7 Å². The van der Waals surface area contributed by atoms with Crippen LogP contribution in [-0.2, 0) is 204 Å². The molecule has 4 aromatic carbocycles. The summed E-state index contributed by atoms with van der Waals surface area (Å²) < 4.78 is 89.3. The van der Waals surface area contributed by atoms with Crippen molar-refractivity contribution < 1.29 is 181 Å². The molecule has 44 heteroatoms. The fraction of sp³-hybridized carbons (Fsp3) is 0.543. The molecule has 0 bridgehead atoms. The fourth-order valence-corrected chi connectivity index (χ4v) is 15.6.